The molecule has 0 saturated carbocycles. The van der Waals surface area contributed by atoms with E-state index in [4.69, 9.17) is 9.47 Å². The van der Waals surface area contributed by atoms with E-state index in [1.807, 2.05) is 25.9 Å². The first-order chi connectivity index (χ1) is 15.6. The molecule has 1 N–H and O–H groups in total. The number of aliphatic hydroxyl groups is 1. The molecular weight excluding hydrogens is 424 g/mol. The molecule has 33 heavy (non-hydrogen) atoms. The molecule has 1 fully saturated rings. The van der Waals surface area contributed by atoms with Crippen LogP contribution in [0.25, 0.3) is 5.76 Å². The third-order valence-electron chi connectivity index (χ3n) is 6.02. The van der Waals surface area contributed by atoms with E-state index in [1.54, 1.807) is 36.9 Å². The second-order valence-electron chi connectivity index (χ2n) is 8.40. The molecule has 1 aliphatic rings. The van der Waals surface area contributed by atoms with Crippen LogP contribution in [0.5, 0.6) is 11.5 Å². The smallest absolute Gasteiger partial charge is 0.295 e. The fraction of sp³-hybridized carbons (Fsp3) is 0.458. The van der Waals surface area contributed by atoms with Crippen LogP contribution in [-0.4, -0.2) is 77.8 Å². The van der Waals surface area contributed by atoms with Gasteiger partial charge in [-0.3, -0.25) is 14.3 Å². The van der Waals surface area contributed by atoms with Crippen LogP contribution in [0.3, 0.4) is 0 Å². The van der Waals surface area contributed by atoms with Gasteiger partial charge in [0.2, 0.25) is 0 Å². The number of benzene rings is 1. The van der Waals surface area contributed by atoms with Gasteiger partial charge in [0.05, 0.1) is 37.1 Å². The van der Waals surface area contributed by atoms with Crippen molar-refractivity contribution < 1.29 is 24.2 Å². The number of hydrogen-bond donors (Lipinski definition) is 1. The van der Waals surface area contributed by atoms with Crippen molar-refractivity contribution >= 4 is 17.4 Å². The molecule has 0 aliphatic carbocycles. The number of Topliss-reactive ketones (excluding diaryl/α,β-unsaturated/α-hetero) is 1. The van der Waals surface area contributed by atoms with E-state index in [0.717, 1.165) is 6.54 Å². The lowest BCUT2D eigenvalue weighted by Gasteiger charge is -2.27. The standard InChI is InChI=1S/C24H32N4O5/c1-14-18(15(2)27(5)25-14)21(29)19-20(16-10-8-11-17(32-6)23(16)33-7)28(24(31)22(19)30)13-9-12-26(3)4/h8,10-11,20,29H,9,12-13H2,1-7H3. The number of para-hydroxylation sites is 1. The lowest BCUT2D eigenvalue weighted by Crippen LogP contribution is -2.32. The topological polar surface area (TPSA) is 97.1 Å². The Morgan fingerprint density at radius 3 is 2.42 bits per heavy atom. The van der Waals surface area contributed by atoms with Crippen LogP contribution in [0.4, 0.5) is 0 Å². The number of aromatic nitrogens is 2. The zero-order valence-corrected chi connectivity index (χ0v) is 20.3. The summed E-state index contributed by atoms with van der Waals surface area (Å²) in [5.41, 5.74) is 2.32. The molecule has 1 saturated heterocycles. The Kier molecular flexibility index (Phi) is 7.12. The van der Waals surface area contributed by atoms with Crippen LogP contribution in [0.2, 0.25) is 0 Å². The van der Waals surface area contributed by atoms with Crippen LogP contribution in [-0.2, 0) is 16.6 Å². The highest BCUT2D eigenvalue weighted by atomic mass is 16.5. The summed E-state index contributed by atoms with van der Waals surface area (Å²) in [4.78, 5) is 30.0. The number of aliphatic hydroxyl groups excluding tert-OH is 1. The number of ether oxygens (including phenoxy) is 2. The quantitative estimate of drug-likeness (QED) is 0.370. The first kappa shape index (κ1) is 24.3. The van der Waals surface area contributed by atoms with E-state index in [9.17, 15) is 14.7 Å². The first-order valence-electron chi connectivity index (χ1n) is 10.8. The van der Waals surface area contributed by atoms with E-state index in [-0.39, 0.29) is 11.3 Å². The third kappa shape index (κ3) is 4.32. The van der Waals surface area contributed by atoms with E-state index >= 15 is 0 Å². The van der Waals surface area contributed by atoms with Gasteiger partial charge in [0.25, 0.3) is 11.7 Å². The number of likely N-dealkylation sites (tertiary alicyclic amines) is 1. The summed E-state index contributed by atoms with van der Waals surface area (Å²) in [5, 5.41) is 15.7. The molecule has 1 amide bonds. The number of ketones is 1. The molecule has 1 aliphatic heterocycles. The van der Waals surface area contributed by atoms with Crippen molar-refractivity contribution in [3.8, 4) is 11.5 Å². The van der Waals surface area contributed by atoms with Gasteiger partial charge in [-0.05, 0) is 47.0 Å². The van der Waals surface area contributed by atoms with Crippen molar-refractivity contribution in [2.75, 3.05) is 41.4 Å². The van der Waals surface area contributed by atoms with E-state index in [0.29, 0.717) is 47.0 Å². The van der Waals surface area contributed by atoms with Crippen molar-refractivity contribution in [1.29, 1.82) is 0 Å². The Balaban J connectivity index is 2.25. The third-order valence-corrected chi connectivity index (χ3v) is 6.02. The molecule has 1 unspecified atom stereocenters. The van der Waals surface area contributed by atoms with Gasteiger partial charge in [0, 0.05) is 24.8 Å². The van der Waals surface area contributed by atoms with Crippen LogP contribution in [0.1, 0.15) is 35.0 Å². The number of nitrogens with zero attached hydrogens (tertiary/aromatic N) is 4. The summed E-state index contributed by atoms with van der Waals surface area (Å²) in [6.07, 6.45) is 0.661. The second kappa shape index (κ2) is 9.66. The number of rotatable bonds is 8. The predicted octanol–water partition coefficient (Wildman–Crippen LogP) is 2.43. The maximum absolute atomic E-state index is 13.3. The van der Waals surface area contributed by atoms with Crippen LogP contribution in [0.15, 0.2) is 23.8 Å². The summed E-state index contributed by atoms with van der Waals surface area (Å²) in [5.74, 6) is -0.724. The number of aryl methyl sites for hydroxylation is 2. The molecule has 2 aromatic rings. The first-order valence-corrected chi connectivity index (χ1v) is 10.8. The minimum atomic E-state index is -0.823. The molecule has 9 heteroatoms. The van der Waals surface area contributed by atoms with Crippen molar-refractivity contribution in [2.24, 2.45) is 7.05 Å². The summed E-state index contributed by atoms with van der Waals surface area (Å²) in [6.45, 7) is 4.65. The molecule has 0 spiro atoms. The van der Waals surface area contributed by atoms with Gasteiger partial charge in [-0.15, -0.1) is 0 Å². The van der Waals surface area contributed by atoms with E-state index < -0.39 is 17.7 Å². The number of carbonyl (C=O) groups is 2. The highest BCUT2D eigenvalue weighted by molar-refractivity contribution is 6.46. The number of amides is 1. The Bertz CT molecular complexity index is 1100. The largest absolute Gasteiger partial charge is 0.507 e. The maximum atomic E-state index is 13.3. The van der Waals surface area contributed by atoms with Gasteiger partial charge >= 0.3 is 0 Å². The van der Waals surface area contributed by atoms with Crippen LogP contribution < -0.4 is 9.47 Å². The highest BCUT2D eigenvalue weighted by Gasteiger charge is 2.47. The summed E-state index contributed by atoms with van der Waals surface area (Å²) in [6, 6.07) is 4.48. The summed E-state index contributed by atoms with van der Waals surface area (Å²) >= 11 is 0. The zero-order chi connectivity index (χ0) is 24.4. The fourth-order valence-electron chi connectivity index (χ4n) is 4.37. The molecule has 178 valence electrons. The Morgan fingerprint density at radius 1 is 1.18 bits per heavy atom. The minimum absolute atomic E-state index is 0.0237. The molecule has 1 aromatic carbocycles. The monoisotopic (exact) mass is 456 g/mol. The van der Waals surface area contributed by atoms with Gasteiger partial charge in [-0.2, -0.15) is 5.10 Å². The minimum Gasteiger partial charge on any atom is -0.507 e. The highest BCUT2D eigenvalue weighted by Crippen LogP contribution is 2.45. The fourth-order valence-corrected chi connectivity index (χ4v) is 4.37. The van der Waals surface area contributed by atoms with Crippen molar-refractivity contribution in [3.05, 3.63) is 46.3 Å². The van der Waals surface area contributed by atoms with E-state index in [1.165, 1.54) is 19.1 Å². The molecule has 0 bridgehead atoms. The molecule has 9 nitrogen and oxygen atoms in total. The SMILES string of the molecule is COc1cccc(C2C(=C(O)c3c(C)nn(C)c3C)C(=O)C(=O)N2CCCN(C)C)c1OC. The van der Waals surface area contributed by atoms with Gasteiger partial charge in [-0.1, -0.05) is 12.1 Å². The number of methoxy groups -OCH3 is 2. The molecule has 3 rings (SSSR count). The average Bonchev–Trinajstić information content (AvgIpc) is 3.18. The van der Waals surface area contributed by atoms with Gasteiger partial charge in [0.15, 0.2) is 11.5 Å². The number of hydrogen-bond acceptors (Lipinski definition) is 7. The average molecular weight is 457 g/mol. The molecule has 2 heterocycles. The molecule has 1 aromatic heterocycles. The van der Waals surface area contributed by atoms with Crippen molar-refractivity contribution in [1.82, 2.24) is 19.6 Å². The van der Waals surface area contributed by atoms with Crippen LogP contribution in [0, 0.1) is 13.8 Å². The number of carbonyl (C=O) groups excluding carboxylic acids is 2. The normalized spacial score (nSPS) is 17.8. The molecular formula is C24H32N4O5. The predicted molar refractivity (Wildman–Crippen MR) is 124 cm³/mol. The Hall–Kier alpha value is -3.33. The van der Waals surface area contributed by atoms with Gasteiger partial charge in [-0.25, -0.2) is 0 Å². The van der Waals surface area contributed by atoms with Crippen LogP contribution >= 0.6 is 0 Å². The van der Waals surface area contributed by atoms with Gasteiger partial charge < -0.3 is 24.4 Å². The zero-order valence-electron chi connectivity index (χ0n) is 20.3. The lowest BCUT2D eigenvalue weighted by molar-refractivity contribution is -0.140. The summed E-state index contributed by atoms with van der Waals surface area (Å²) in [7, 11) is 8.70. The second-order valence-corrected chi connectivity index (χ2v) is 8.40. The van der Waals surface area contributed by atoms with Crippen molar-refractivity contribution in [2.45, 2.75) is 26.3 Å². The Labute approximate surface area is 194 Å². The van der Waals surface area contributed by atoms with E-state index in [2.05, 4.69) is 5.10 Å². The summed E-state index contributed by atoms with van der Waals surface area (Å²) < 4.78 is 12.7. The van der Waals surface area contributed by atoms with Crippen molar-refractivity contribution in [3.63, 3.8) is 0 Å². The molecule has 0 radical (unpaired) electrons. The lowest BCUT2D eigenvalue weighted by atomic mass is 9.93. The molecule has 1 atom stereocenters. The Morgan fingerprint density at radius 2 is 1.88 bits per heavy atom. The maximum Gasteiger partial charge on any atom is 0.295 e. The van der Waals surface area contributed by atoms with Gasteiger partial charge in [0.1, 0.15) is 5.76 Å².